The molecule has 0 saturated carbocycles. The van der Waals surface area contributed by atoms with Crippen LogP contribution in [-0.2, 0) is 11.5 Å². The van der Waals surface area contributed by atoms with Gasteiger partial charge in [-0.1, -0.05) is 11.6 Å². The molecule has 0 bridgehead atoms. The molecule has 2 heterocycles. The number of halogens is 1. The van der Waals surface area contributed by atoms with E-state index >= 15 is 0 Å². The lowest BCUT2D eigenvalue weighted by Gasteiger charge is -2.09. The molecule has 0 spiro atoms. The van der Waals surface area contributed by atoms with Gasteiger partial charge in [-0.3, -0.25) is 20.3 Å². The van der Waals surface area contributed by atoms with Gasteiger partial charge in [0.25, 0.3) is 0 Å². The standard InChI is InChI=1S/C19H23ClN6OS2/c1-27-18-5-3-7-23-17(18)13-29-11-9-25-19(26-14-21)24-8-10-28-12-16-15(20)4-2-6-22-16/h2-7H,8-13H2,1H3,(H2,24,25,26). The van der Waals surface area contributed by atoms with Crippen LogP contribution in [0.1, 0.15) is 11.4 Å². The molecule has 29 heavy (non-hydrogen) atoms. The van der Waals surface area contributed by atoms with Gasteiger partial charge in [0.15, 0.2) is 6.19 Å². The van der Waals surface area contributed by atoms with E-state index in [0.29, 0.717) is 24.1 Å². The second kappa shape index (κ2) is 13.9. The van der Waals surface area contributed by atoms with Gasteiger partial charge >= 0.3 is 0 Å². The van der Waals surface area contributed by atoms with Gasteiger partial charge in [0.05, 0.1) is 30.1 Å². The summed E-state index contributed by atoms with van der Waals surface area (Å²) in [4.78, 5) is 13.0. The Balaban J connectivity index is 1.65. The number of thioether (sulfide) groups is 2. The summed E-state index contributed by atoms with van der Waals surface area (Å²) < 4.78 is 5.30. The molecule has 7 nitrogen and oxygen atoms in total. The van der Waals surface area contributed by atoms with E-state index in [2.05, 4.69) is 25.6 Å². The molecular formula is C19H23ClN6OS2. The van der Waals surface area contributed by atoms with Crippen molar-refractivity contribution < 1.29 is 4.74 Å². The lowest BCUT2D eigenvalue weighted by Crippen LogP contribution is -2.36. The molecule has 10 heteroatoms. The van der Waals surface area contributed by atoms with E-state index in [1.807, 2.05) is 30.5 Å². The molecule has 0 aliphatic carbocycles. The van der Waals surface area contributed by atoms with Crippen LogP contribution in [0, 0.1) is 11.5 Å². The van der Waals surface area contributed by atoms with Crippen LogP contribution in [0.25, 0.3) is 0 Å². The number of guanidine groups is 1. The topological polar surface area (TPSA) is 95.2 Å². The van der Waals surface area contributed by atoms with Gasteiger partial charge in [-0.15, -0.1) is 0 Å². The van der Waals surface area contributed by atoms with Crippen LogP contribution in [0.4, 0.5) is 0 Å². The van der Waals surface area contributed by atoms with Crippen molar-refractivity contribution in [2.24, 2.45) is 4.99 Å². The zero-order valence-corrected chi connectivity index (χ0v) is 18.5. The zero-order valence-electron chi connectivity index (χ0n) is 16.1. The number of nitrogens with zero attached hydrogens (tertiary/aromatic N) is 4. The Morgan fingerprint density at radius 1 is 1.17 bits per heavy atom. The zero-order chi connectivity index (χ0) is 20.7. The fraction of sp³-hybridized carbons (Fsp3) is 0.368. The summed E-state index contributed by atoms with van der Waals surface area (Å²) in [5.74, 6) is 4.43. The molecule has 0 saturated heterocycles. The monoisotopic (exact) mass is 450 g/mol. The number of hydrogen-bond acceptors (Lipinski definition) is 7. The van der Waals surface area contributed by atoms with Crippen molar-refractivity contribution in [2.75, 3.05) is 31.7 Å². The van der Waals surface area contributed by atoms with Crippen molar-refractivity contribution in [3.63, 3.8) is 0 Å². The van der Waals surface area contributed by atoms with Crippen LogP contribution in [0.2, 0.25) is 5.02 Å². The molecule has 0 radical (unpaired) electrons. The summed E-state index contributed by atoms with van der Waals surface area (Å²) >= 11 is 9.53. The maximum absolute atomic E-state index is 8.89. The molecule has 2 aromatic heterocycles. The van der Waals surface area contributed by atoms with Gasteiger partial charge in [-0.05, 0) is 24.3 Å². The number of methoxy groups -OCH3 is 1. The van der Waals surface area contributed by atoms with Crippen LogP contribution in [-0.4, -0.2) is 47.6 Å². The summed E-state index contributed by atoms with van der Waals surface area (Å²) in [6.07, 6.45) is 5.41. The highest BCUT2D eigenvalue weighted by Crippen LogP contribution is 2.20. The van der Waals surface area contributed by atoms with E-state index in [4.69, 9.17) is 21.6 Å². The summed E-state index contributed by atoms with van der Waals surface area (Å²) in [6.45, 7) is 1.27. The Bertz CT molecular complexity index is 830. The molecule has 0 unspecified atom stereocenters. The molecule has 2 rings (SSSR count). The summed E-state index contributed by atoms with van der Waals surface area (Å²) in [5, 5.41) is 15.3. The smallest absolute Gasteiger partial charge is 0.204 e. The van der Waals surface area contributed by atoms with Gasteiger partial charge in [0.2, 0.25) is 5.96 Å². The third kappa shape index (κ3) is 8.81. The molecule has 0 atom stereocenters. The number of ether oxygens (including phenoxy) is 1. The quantitative estimate of drug-likeness (QED) is 0.177. The van der Waals surface area contributed by atoms with Crippen LogP contribution in [0.5, 0.6) is 5.75 Å². The van der Waals surface area contributed by atoms with E-state index in [-0.39, 0.29) is 0 Å². The second-order valence-corrected chi connectivity index (χ2v) is 8.20. The number of aromatic nitrogens is 2. The normalized spacial score (nSPS) is 11.0. The Labute approximate surface area is 184 Å². The van der Waals surface area contributed by atoms with Gasteiger partial charge in [0, 0.05) is 41.9 Å². The minimum Gasteiger partial charge on any atom is -0.495 e. The summed E-state index contributed by atoms with van der Waals surface area (Å²) in [6, 6.07) is 7.41. The third-order valence-electron chi connectivity index (χ3n) is 3.60. The molecule has 0 aliphatic heterocycles. The lowest BCUT2D eigenvalue weighted by molar-refractivity contribution is 0.409. The Morgan fingerprint density at radius 3 is 2.66 bits per heavy atom. The highest BCUT2D eigenvalue weighted by molar-refractivity contribution is 7.98. The molecule has 0 fully saturated rings. The van der Waals surface area contributed by atoms with Gasteiger partial charge in [0.1, 0.15) is 5.75 Å². The number of hydrogen-bond donors (Lipinski definition) is 2. The van der Waals surface area contributed by atoms with Crippen molar-refractivity contribution in [1.82, 2.24) is 20.6 Å². The van der Waals surface area contributed by atoms with Crippen LogP contribution in [0.15, 0.2) is 41.7 Å². The maximum atomic E-state index is 8.89. The predicted molar refractivity (Wildman–Crippen MR) is 121 cm³/mol. The average Bonchev–Trinajstić information content (AvgIpc) is 2.74. The molecule has 0 aromatic carbocycles. The molecule has 0 amide bonds. The van der Waals surface area contributed by atoms with E-state index in [0.717, 1.165) is 40.1 Å². The third-order valence-corrected chi connectivity index (χ3v) is 5.86. The molecular weight excluding hydrogens is 428 g/mol. The highest BCUT2D eigenvalue weighted by atomic mass is 35.5. The van der Waals surface area contributed by atoms with E-state index in [1.54, 1.807) is 43.0 Å². The van der Waals surface area contributed by atoms with Crippen LogP contribution >= 0.6 is 35.1 Å². The number of pyridine rings is 2. The van der Waals surface area contributed by atoms with Gasteiger partial charge in [-0.25, -0.2) is 0 Å². The lowest BCUT2D eigenvalue weighted by atomic mass is 10.3. The van der Waals surface area contributed by atoms with E-state index in [1.165, 1.54) is 0 Å². The Kier molecular flexibility index (Phi) is 11.1. The summed E-state index contributed by atoms with van der Waals surface area (Å²) in [5.41, 5.74) is 1.80. The van der Waals surface area contributed by atoms with E-state index < -0.39 is 0 Å². The fourth-order valence-corrected chi connectivity index (χ4v) is 4.09. The average molecular weight is 451 g/mol. The van der Waals surface area contributed by atoms with Crippen LogP contribution in [0.3, 0.4) is 0 Å². The van der Waals surface area contributed by atoms with Crippen molar-refractivity contribution in [1.29, 1.82) is 5.26 Å². The Morgan fingerprint density at radius 2 is 1.90 bits per heavy atom. The van der Waals surface area contributed by atoms with Gasteiger partial charge in [-0.2, -0.15) is 28.8 Å². The number of rotatable bonds is 11. The van der Waals surface area contributed by atoms with Gasteiger partial charge < -0.3 is 10.1 Å². The molecule has 2 aromatic rings. The Hall–Kier alpha value is -2.15. The van der Waals surface area contributed by atoms with Crippen molar-refractivity contribution >= 4 is 41.1 Å². The second-order valence-electron chi connectivity index (χ2n) is 5.58. The first kappa shape index (κ1) is 23.1. The number of nitrogens with one attached hydrogen (secondary N) is 2. The number of aliphatic imine (C=N–C) groups is 1. The van der Waals surface area contributed by atoms with Crippen LogP contribution < -0.4 is 15.4 Å². The summed E-state index contributed by atoms with van der Waals surface area (Å²) in [7, 11) is 1.65. The molecule has 154 valence electrons. The first-order chi connectivity index (χ1) is 14.2. The number of nitriles is 1. The SMILES string of the molecule is COc1cccnc1CSCCNC(=NCCSCc1ncccc1Cl)NC#N. The fourth-order valence-electron chi connectivity index (χ4n) is 2.24. The molecule has 2 N–H and O–H groups in total. The largest absolute Gasteiger partial charge is 0.495 e. The first-order valence-electron chi connectivity index (χ1n) is 8.90. The minimum absolute atomic E-state index is 0.486. The van der Waals surface area contributed by atoms with Crippen molar-refractivity contribution in [3.05, 3.63) is 53.1 Å². The van der Waals surface area contributed by atoms with E-state index in [9.17, 15) is 0 Å². The molecule has 0 aliphatic rings. The minimum atomic E-state index is 0.486. The maximum Gasteiger partial charge on any atom is 0.204 e. The first-order valence-corrected chi connectivity index (χ1v) is 11.6. The predicted octanol–water partition coefficient (Wildman–Crippen LogP) is 3.32. The highest BCUT2D eigenvalue weighted by Gasteiger charge is 2.04. The van der Waals surface area contributed by atoms with Crippen molar-refractivity contribution in [3.8, 4) is 11.9 Å². The van der Waals surface area contributed by atoms with Crippen molar-refractivity contribution in [2.45, 2.75) is 11.5 Å².